The van der Waals surface area contributed by atoms with Gasteiger partial charge in [0, 0.05) is 12.5 Å². The van der Waals surface area contributed by atoms with Gasteiger partial charge in [0.15, 0.2) is 0 Å². The van der Waals surface area contributed by atoms with Crippen molar-refractivity contribution in [1.29, 1.82) is 0 Å². The van der Waals surface area contributed by atoms with E-state index in [2.05, 4.69) is 50.2 Å². The third-order valence-corrected chi connectivity index (χ3v) is 5.87. The van der Waals surface area contributed by atoms with E-state index < -0.39 is 5.60 Å². The van der Waals surface area contributed by atoms with Crippen LogP contribution in [0.15, 0.2) is 54.6 Å². The molecule has 0 aliphatic heterocycles. The van der Waals surface area contributed by atoms with Crippen LogP contribution in [0, 0.1) is 5.92 Å². The van der Waals surface area contributed by atoms with Crippen molar-refractivity contribution < 1.29 is 9.84 Å². The third-order valence-electron chi connectivity index (χ3n) is 5.87. The molecule has 2 aromatic rings. The summed E-state index contributed by atoms with van der Waals surface area (Å²) in [5.41, 5.74) is 1.76. The first-order valence-electron chi connectivity index (χ1n) is 10.1. The quantitative estimate of drug-likeness (QED) is 0.759. The molecule has 3 rings (SSSR count). The molecule has 27 heavy (non-hydrogen) atoms. The first kappa shape index (κ1) is 19.9. The average Bonchev–Trinajstić information content (AvgIpc) is 2.68. The van der Waals surface area contributed by atoms with Crippen molar-refractivity contribution in [2.24, 2.45) is 5.92 Å². The maximum Gasteiger partial charge on any atom is 0.119 e. The van der Waals surface area contributed by atoms with E-state index in [-0.39, 0.29) is 5.92 Å². The van der Waals surface area contributed by atoms with E-state index in [1.165, 1.54) is 5.56 Å². The van der Waals surface area contributed by atoms with E-state index in [9.17, 15) is 5.11 Å². The number of likely N-dealkylation sites (N-methyl/N-ethyl adjacent to an activating group) is 1. The Morgan fingerprint density at radius 1 is 1.04 bits per heavy atom. The predicted molar refractivity (Wildman–Crippen MR) is 111 cm³/mol. The third kappa shape index (κ3) is 5.33. The van der Waals surface area contributed by atoms with Crippen LogP contribution in [-0.2, 0) is 6.61 Å². The van der Waals surface area contributed by atoms with Gasteiger partial charge in [-0.15, -0.1) is 0 Å². The standard InChI is InChI=1S/C24H33NO2/c1-19-13-15-24(26,16-14-19)23(17-25(2)3)21-9-11-22(12-10-21)27-18-20-7-5-4-6-8-20/h4-12,19,23,26H,13-18H2,1-3H3. The van der Waals surface area contributed by atoms with Crippen LogP contribution in [-0.4, -0.2) is 36.2 Å². The van der Waals surface area contributed by atoms with Gasteiger partial charge in [-0.1, -0.05) is 49.4 Å². The second-order valence-electron chi connectivity index (χ2n) is 8.44. The molecule has 1 N–H and O–H groups in total. The molecule has 0 bridgehead atoms. The zero-order valence-electron chi connectivity index (χ0n) is 16.9. The van der Waals surface area contributed by atoms with Crippen LogP contribution in [0.1, 0.15) is 49.7 Å². The summed E-state index contributed by atoms with van der Waals surface area (Å²) in [6.07, 6.45) is 4.00. The smallest absolute Gasteiger partial charge is 0.119 e. The molecule has 0 saturated heterocycles. The molecule has 1 atom stereocenters. The van der Waals surface area contributed by atoms with Gasteiger partial charge in [0.1, 0.15) is 12.4 Å². The van der Waals surface area contributed by atoms with Gasteiger partial charge < -0.3 is 14.7 Å². The maximum atomic E-state index is 11.4. The van der Waals surface area contributed by atoms with Gasteiger partial charge in [0.2, 0.25) is 0 Å². The highest BCUT2D eigenvalue weighted by atomic mass is 16.5. The second-order valence-corrected chi connectivity index (χ2v) is 8.44. The van der Waals surface area contributed by atoms with E-state index in [0.29, 0.717) is 6.61 Å². The lowest BCUT2D eigenvalue weighted by Gasteiger charge is -2.42. The maximum absolute atomic E-state index is 11.4. The van der Waals surface area contributed by atoms with Gasteiger partial charge in [-0.3, -0.25) is 0 Å². The molecular formula is C24H33NO2. The number of rotatable bonds is 7. The van der Waals surface area contributed by atoms with Crippen LogP contribution < -0.4 is 4.74 Å². The zero-order valence-corrected chi connectivity index (χ0v) is 16.9. The SMILES string of the molecule is CC1CCC(O)(C(CN(C)C)c2ccc(OCc3ccccc3)cc2)CC1. The summed E-state index contributed by atoms with van der Waals surface area (Å²) >= 11 is 0. The minimum absolute atomic E-state index is 0.128. The highest BCUT2D eigenvalue weighted by molar-refractivity contribution is 5.32. The summed E-state index contributed by atoms with van der Waals surface area (Å²) < 4.78 is 5.92. The molecule has 0 heterocycles. The Morgan fingerprint density at radius 2 is 1.67 bits per heavy atom. The minimum Gasteiger partial charge on any atom is -0.489 e. The molecule has 1 fully saturated rings. The molecule has 146 valence electrons. The molecular weight excluding hydrogens is 334 g/mol. The van der Waals surface area contributed by atoms with Gasteiger partial charge in [-0.25, -0.2) is 0 Å². The van der Waals surface area contributed by atoms with E-state index in [4.69, 9.17) is 4.74 Å². The summed E-state index contributed by atoms with van der Waals surface area (Å²) in [5, 5.41) is 11.4. The summed E-state index contributed by atoms with van der Waals surface area (Å²) in [4.78, 5) is 2.18. The molecule has 3 nitrogen and oxygen atoms in total. The largest absolute Gasteiger partial charge is 0.489 e. The Morgan fingerprint density at radius 3 is 2.26 bits per heavy atom. The summed E-state index contributed by atoms with van der Waals surface area (Å²) in [6.45, 7) is 3.72. The van der Waals surface area contributed by atoms with Gasteiger partial charge in [0.05, 0.1) is 5.60 Å². The number of hydrogen-bond acceptors (Lipinski definition) is 3. The molecule has 0 spiro atoms. The van der Waals surface area contributed by atoms with Crippen LogP contribution in [0.2, 0.25) is 0 Å². The van der Waals surface area contributed by atoms with Crippen LogP contribution in [0.25, 0.3) is 0 Å². The fraction of sp³-hybridized carbons (Fsp3) is 0.500. The summed E-state index contributed by atoms with van der Waals surface area (Å²) in [6, 6.07) is 18.5. The van der Waals surface area contributed by atoms with Gasteiger partial charge in [0.25, 0.3) is 0 Å². The lowest BCUT2D eigenvalue weighted by molar-refractivity contribution is -0.0371. The zero-order chi connectivity index (χ0) is 19.3. The van der Waals surface area contributed by atoms with Gasteiger partial charge >= 0.3 is 0 Å². The predicted octanol–water partition coefficient (Wildman–Crippen LogP) is 4.85. The number of ether oxygens (including phenoxy) is 1. The highest BCUT2D eigenvalue weighted by Crippen LogP contribution is 2.42. The molecule has 1 aliphatic rings. The van der Waals surface area contributed by atoms with Crippen molar-refractivity contribution in [2.75, 3.05) is 20.6 Å². The van der Waals surface area contributed by atoms with Crippen LogP contribution in [0.4, 0.5) is 0 Å². The minimum atomic E-state index is -0.608. The normalized spacial score (nSPS) is 24.0. The molecule has 2 aromatic carbocycles. The van der Waals surface area contributed by atoms with Crippen molar-refractivity contribution in [3.63, 3.8) is 0 Å². The monoisotopic (exact) mass is 367 g/mol. The van der Waals surface area contributed by atoms with E-state index >= 15 is 0 Å². The molecule has 0 radical (unpaired) electrons. The number of aliphatic hydroxyl groups is 1. The molecule has 1 saturated carbocycles. The van der Waals surface area contributed by atoms with Gasteiger partial charge in [-0.2, -0.15) is 0 Å². The van der Waals surface area contributed by atoms with E-state index in [0.717, 1.165) is 49.5 Å². The fourth-order valence-corrected chi connectivity index (χ4v) is 4.10. The van der Waals surface area contributed by atoms with Crippen LogP contribution in [0.5, 0.6) is 5.75 Å². The number of benzene rings is 2. The van der Waals surface area contributed by atoms with Crippen molar-refractivity contribution in [3.05, 3.63) is 65.7 Å². The van der Waals surface area contributed by atoms with E-state index in [1.807, 2.05) is 30.3 Å². The lowest BCUT2D eigenvalue weighted by Crippen LogP contribution is -2.44. The molecule has 0 amide bonds. The number of hydrogen-bond donors (Lipinski definition) is 1. The molecule has 1 aliphatic carbocycles. The summed E-state index contributed by atoms with van der Waals surface area (Å²) in [5.74, 6) is 1.72. The lowest BCUT2D eigenvalue weighted by atomic mass is 9.70. The van der Waals surface area contributed by atoms with E-state index in [1.54, 1.807) is 0 Å². The Hall–Kier alpha value is -1.84. The van der Waals surface area contributed by atoms with Crippen LogP contribution in [0.3, 0.4) is 0 Å². The van der Waals surface area contributed by atoms with Crippen molar-refractivity contribution in [3.8, 4) is 5.75 Å². The average molecular weight is 368 g/mol. The molecule has 0 aromatic heterocycles. The Balaban J connectivity index is 1.71. The number of nitrogens with zero attached hydrogens (tertiary/aromatic N) is 1. The summed E-state index contributed by atoms with van der Waals surface area (Å²) in [7, 11) is 4.16. The first-order valence-corrected chi connectivity index (χ1v) is 10.1. The first-order chi connectivity index (χ1) is 13.0. The Labute approximate surface area is 164 Å². The topological polar surface area (TPSA) is 32.7 Å². The Bertz CT molecular complexity index is 688. The molecule has 3 heteroatoms. The van der Waals surface area contributed by atoms with Crippen molar-refractivity contribution in [2.45, 2.75) is 50.7 Å². The van der Waals surface area contributed by atoms with Crippen molar-refractivity contribution >= 4 is 0 Å². The van der Waals surface area contributed by atoms with Gasteiger partial charge in [-0.05, 0) is 69.0 Å². The molecule has 1 unspecified atom stereocenters. The second kappa shape index (κ2) is 8.90. The fourth-order valence-electron chi connectivity index (χ4n) is 4.10. The highest BCUT2D eigenvalue weighted by Gasteiger charge is 2.40. The Kier molecular flexibility index (Phi) is 6.56. The van der Waals surface area contributed by atoms with Crippen molar-refractivity contribution in [1.82, 2.24) is 4.90 Å². The van der Waals surface area contributed by atoms with Crippen LogP contribution >= 0.6 is 0 Å².